The highest BCUT2D eigenvalue weighted by atomic mass is 16.5. The summed E-state index contributed by atoms with van der Waals surface area (Å²) >= 11 is 0. The van der Waals surface area contributed by atoms with E-state index >= 15 is 0 Å². The molecule has 0 saturated carbocycles. The van der Waals surface area contributed by atoms with E-state index in [0.717, 1.165) is 37.3 Å². The summed E-state index contributed by atoms with van der Waals surface area (Å²) in [5.74, 6) is 1.16. The molecule has 1 aliphatic heterocycles. The predicted molar refractivity (Wildman–Crippen MR) is 105 cm³/mol. The van der Waals surface area contributed by atoms with Crippen molar-refractivity contribution in [2.75, 3.05) is 19.3 Å². The quantitative estimate of drug-likeness (QED) is 0.766. The molecule has 1 aliphatic rings. The average molecular weight is 364 g/mol. The number of nitrogens with zero attached hydrogens (tertiary/aromatic N) is 5. The highest BCUT2D eigenvalue weighted by molar-refractivity contribution is 5.64. The molecule has 2 N–H and O–H groups in total. The van der Waals surface area contributed by atoms with Crippen LogP contribution in [-0.2, 0) is 19.5 Å². The van der Waals surface area contributed by atoms with Gasteiger partial charge in [0.25, 0.3) is 5.88 Å². The van der Waals surface area contributed by atoms with E-state index in [-0.39, 0.29) is 5.82 Å². The molecule has 0 fully saturated rings. The molecule has 2 aromatic heterocycles. The molecule has 0 aliphatic carbocycles. The number of fused-ring (bicyclic) bond motifs is 1. The molecule has 7 heteroatoms. The number of benzene rings is 1. The fraction of sp³-hybridized carbons (Fsp3) is 0.350. The molecule has 0 atom stereocenters. The van der Waals surface area contributed by atoms with Gasteiger partial charge in [0.2, 0.25) is 0 Å². The molecule has 3 heterocycles. The topological polar surface area (TPSA) is 82.1 Å². The molecule has 0 amide bonds. The number of aryl methyl sites for hydroxylation is 2. The molecule has 0 spiro atoms. The number of hydrogen-bond acceptors (Lipinski definition) is 6. The molecule has 7 nitrogen and oxygen atoms in total. The maximum Gasteiger partial charge on any atom is 0.263 e. The van der Waals surface area contributed by atoms with Crippen LogP contribution in [0, 0.1) is 6.92 Å². The normalized spacial score (nSPS) is 14.2. The molecule has 1 aromatic carbocycles. The van der Waals surface area contributed by atoms with Gasteiger partial charge in [0.15, 0.2) is 11.6 Å². The molecular weight excluding hydrogens is 340 g/mol. The third kappa shape index (κ3) is 3.50. The highest BCUT2D eigenvalue weighted by Gasteiger charge is 2.18. The summed E-state index contributed by atoms with van der Waals surface area (Å²) in [6.45, 7) is 7.00. The summed E-state index contributed by atoms with van der Waals surface area (Å²) in [6.07, 6.45) is 6.21. The maximum absolute atomic E-state index is 5.98. The van der Waals surface area contributed by atoms with Crippen molar-refractivity contribution in [3.63, 3.8) is 0 Å². The number of hydrogen-bond donors (Lipinski definition) is 1. The summed E-state index contributed by atoms with van der Waals surface area (Å²) in [5, 5.41) is 4.21. The van der Waals surface area contributed by atoms with Crippen molar-refractivity contribution in [2.24, 2.45) is 0 Å². The van der Waals surface area contributed by atoms with Crippen LogP contribution in [0.2, 0.25) is 0 Å². The minimum absolute atomic E-state index is 0.263. The second kappa shape index (κ2) is 7.00. The van der Waals surface area contributed by atoms with Gasteiger partial charge in [0.1, 0.15) is 0 Å². The van der Waals surface area contributed by atoms with Gasteiger partial charge in [-0.05, 0) is 56.1 Å². The number of rotatable bonds is 4. The zero-order valence-corrected chi connectivity index (χ0v) is 15.9. The molecule has 140 valence electrons. The first-order valence-corrected chi connectivity index (χ1v) is 9.17. The van der Waals surface area contributed by atoms with Gasteiger partial charge in [-0.2, -0.15) is 5.10 Å². The summed E-state index contributed by atoms with van der Waals surface area (Å²) in [6, 6.07) is 4.38. The second-order valence-corrected chi connectivity index (χ2v) is 7.00. The Morgan fingerprint density at radius 1 is 1.26 bits per heavy atom. The van der Waals surface area contributed by atoms with Gasteiger partial charge >= 0.3 is 0 Å². The lowest BCUT2D eigenvalue weighted by molar-refractivity contribution is 0.312. The van der Waals surface area contributed by atoms with E-state index in [1.165, 1.54) is 16.7 Å². The van der Waals surface area contributed by atoms with E-state index in [1.54, 1.807) is 17.1 Å². The Kier molecular flexibility index (Phi) is 4.53. The first-order chi connectivity index (χ1) is 13.0. The molecule has 0 bridgehead atoms. The van der Waals surface area contributed by atoms with E-state index in [1.807, 2.05) is 13.1 Å². The van der Waals surface area contributed by atoms with E-state index in [0.29, 0.717) is 11.6 Å². The minimum atomic E-state index is 0.263. The number of likely N-dealkylation sites (N-methyl/N-ethyl adjacent to an activating group) is 1. The molecule has 4 rings (SSSR count). The lowest BCUT2D eigenvalue weighted by Crippen LogP contribution is -2.27. The average Bonchev–Trinajstić information content (AvgIpc) is 3.11. The monoisotopic (exact) mass is 364 g/mol. The second-order valence-electron chi connectivity index (χ2n) is 7.00. The van der Waals surface area contributed by atoms with Crippen molar-refractivity contribution in [2.45, 2.75) is 33.4 Å². The summed E-state index contributed by atoms with van der Waals surface area (Å²) in [7, 11) is 2.16. The van der Waals surface area contributed by atoms with Crippen LogP contribution in [0.25, 0.3) is 11.3 Å². The largest absolute Gasteiger partial charge is 0.433 e. The van der Waals surface area contributed by atoms with E-state index in [4.69, 9.17) is 10.5 Å². The van der Waals surface area contributed by atoms with Crippen LogP contribution in [0.5, 0.6) is 11.6 Å². The number of ether oxygens (including phenoxy) is 1. The van der Waals surface area contributed by atoms with E-state index in [9.17, 15) is 0 Å². The lowest BCUT2D eigenvalue weighted by Gasteiger charge is -2.27. The number of aromatic nitrogens is 4. The smallest absolute Gasteiger partial charge is 0.263 e. The van der Waals surface area contributed by atoms with Gasteiger partial charge in [0.05, 0.1) is 24.3 Å². The van der Waals surface area contributed by atoms with Crippen LogP contribution in [0.1, 0.15) is 23.6 Å². The van der Waals surface area contributed by atoms with Crippen molar-refractivity contribution in [3.8, 4) is 22.9 Å². The Morgan fingerprint density at radius 2 is 2.11 bits per heavy atom. The number of nitrogens with two attached hydrogens (primary N) is 1. The molecule has 0 radical (unpaired) electrons. The molecular formula is C20H24N6O. The Bertz CT molecular complexity index is 981. The standard InChI is InChI=1S/C20H24N6O/c1-4-26-11-16(9-23-26)27-20-19(21)22-10-18(24-20)15-7-13(2)17-12-25(3)6-5-14(17)8-15/h7-11H,4-6,12H2,1-3H3,(H2,21,22). The van der Waals surface area contributed by atoms with Crippen LogP contribution in [0.15, 0.2) is 30.7 Å². The fourth-order valence-corrected chi connectivity index (χ4v) is 3.43. The van der Waals surface area contributed by atoms with Gasteiger partial charge < -0.3 is 15.4 Å². The van der Waals surface area contributed by atoms with Crippen molar-refractivity contribution in [3.05, 3.63) is 47.4 Å². The van der Waals surface area contributed by atoms with E-state index in [2.05, 4.69) is 46.1 Å². The molecule has 0 saturated heterocycles. The SMILES string of the molecule is CCn1cc(Oc2nc(-c3cc(C)c4c(c3)CCN(C)C4)cnc2N)cn1. The first-order valence-electron chi connectivity index (χ1n) is 9.17. The van der Waals surface area contributed by atoms with Crippen LogP contribution < -0.4 is 10.5 Å². The predicted octanol–water partition coefficient (Wildman–Crippen LogP) is 3.03. The van der Waals surface area contributed by atoms with Gasteiger partial charge in [-0.3, -0.25) is 4.68 Å². The summed E-state index contributed by atoms with van der Waals surface area (Å²) in [5.41, 5.74) is 11.9. The number of anilines is 1. The lowest BCUT2D eigenvalue weighted by atomic mass is 9.92. The van der Waals surface area contributed by atoms with Crippen molar-refractivity contribution >= 4 is 5.82 Å². The summed E-state index contributed by atoms with van der Waals surface area (Å²) < 4.78 is 7.61. The third-order valence-corrected chi connectivity index (χ3v) is 4.97. The summed E-state index contributed by atoms with van der Waals surface area (Å²) in [4.78, 5) is 11.3. The van der Waals surface area contributed by atoms with Crippen LogP contribution in [0.4, 0.5) is 5.82 Å². The van der Waals surface area contributed by atoms with Crippen LogP contribution >= 0.6 is 0 Å². The third-order valence-electron chi connectivity index (χ3n) is 4.97. The highest BCUT2D eigenvalue weighted by Crippen LogP contribution is 2.31. The van der Waals surface area contributed by atoms with Crippen molar-refractivity contribution in [1.29, 1.82) is 0 Å². The van der Waals surface area contributed by atoms with Gasteiger partial charge in [-0.1, -0.05) is 0 Å². The first kappa shape index (κ1) is 17.5. The van der Waals surface area contributed by atoms with Gasteiger partial charge in [-0.25, -0.2) is 9.97 Å². The fourth-order valence-electron chi connectivity index (χ4n) is 3.43. The van der Waals surface area contributed by atoms with Crippen LogP contribution in [0.3, 0.4) is 0 Å². The van der Waals surface area contributed by atoms with Gasteiger partial charge in [0, 0.05) is 25.2 Å². The maximum atomic E-state index is 5.98. The zero-order valence-electron chi connectivity index (χ0n) is 15.9. The Labute approximate surface area is 158 Å². The Morgan fingerprint density at radius 3 is 2.89 bits per heavy atom. The van der Waals surface area contributed by atoms with Gasteiger partial charge in [-0.15, -0.1) is 0 Å². The molecule has 3 aromatic rings. The molecule has 0 unspecified atom stereocenters. The van der Waals surface area contributed by atoms with E-state index < -0.39 is 0 Å². The van der Waals surface area contributed by atoms with Crippen LogP contribution in [-0.4, -0.2) is 38.2 Å². The molecule has 27 heavy (non-hydrogen) atoms. The zero-order chi connectivity index (χ0) is 19.0. The Balaban J connectivity index is 1.67. The number of nitrogen functional groups attached to an aromatic ring is 1. The van der Waals surface area contributed by atoms with Crippen molar-refractivity contribution in [1.82, 2.24) is 24.6 Å². The van der Waals surface area contributed by atoms with Crippen molar-refractivity contribution < 1.29 is 4.74 Å². The minimum Gasteiger partial charge on any atom is -0.433 e. The Hall–Kier alpha value is -2.93.